The van der Waals surface area contributed by atoms with Crippen LogP contribution in [0.5, 0.6) is 0 Å². The van der Waals surface area contributed by atoms with Crippen LogP contribution >= 0.6 is 0 Å². The van der Waals surface area contributed by atoms with Crippen molar-refractivity contribution in [3.63, 3.8) is 0 Å². The molecule has 4 saturated carbocycles. The molecule has 0 aromatic carbocycles. The third-order valence-electron chi connectivity index (χ3n) is 11.3. The smallest absolute Gasteiger partial charge is 0.302 e. The second kappa shape index (κ2) is 9.25. The van der Waals surface area contributed by atoms with Crippen LogP contribution in [0.3, 0.4) is 0 Å². The Bertz CT molecular complexity index is 844. The highest BCUT2D eigenvalue weighted by Gasteiger charge is 2.68. The molecule has 0 unspecified atom stereocenters. The van der Waals surface area contributed by atoms with Crippen LogP contribution in [-0.4, -0.2) is 17.9 Å². The molecule has 4 aliphatic carbocycles. The highest BCUT2D eigenvalue weighted by molar-refractivity contribution is 5.84. The predicted octanol–water partition coefficient (Wildman–Crippen LogP) is 7.11. The van der Waals surface area contributed by atoms with Crippen LogP contribution in [0.2, 0.25) is 0 Å². The Hall–Kier alpha value is -1.37. The van der Waals surface area contributed by atoms with Gasteiger partial charge in [0.1, 0.15) is 11.9 Å². The van der Waals surface area contributed by atoms with Gasteiger partial charge in [0.25, 0.3) is 0 Å². The SMILES string of the molecule is CC(=O)O[C@H]1CC[C@]2(C)[C@H]3CC[C@]4(C)[C@@H]([C@H](C)CCCC(C)C)CC[C@H]4[C@@H]3C(=O)C[C@@]2(C#N)C1. The largest absolute Gasteiger partial charge is 0.463 e. The third-order valence-corrected chi connectivity index (χ3v) is 11.3. The summed E-state index contributed by atoms with van der Waals surface area (Å²) in [7, 11) is 0. The Morgan fingerprint density at radius 2 is 1.82 bits per heavy atom. The summed E-state index contributed by atoms with van der Waals surface area (Å²) in [6, 6.07) is 2.64. The number of hydrogen-bond donors (Lipinski definition) is 0. The average molecular weight is 470 g/mol. The van der Waals surface area contributed by atoms with Crippen molar-refractivity contribution in [1.82, 2.24) is 0 Å². The summed E-state index contributed by atoms with van der Waals surface area (Å²) in [5, 5.41) is 10.4. The molecular weight excluding hydrogens is 422 g/mol. The van der Waals surface area contributed by atoms with Gasteiger partial charge in [-0.3, -0.25) is 9.59 Å². The first kappa shape index (κ1) is 25.7. The fourth-order valence-electron chi connectivity index (χ4n) is 9.53. The number of ketones is 1. The van der Waals surface area contributed by atoms with E-state index >= 15 is 0 Å². The van der Waals surface area contributed by atoms with Crippen LogP contribution in [0.25, 0.3) is 0 Å². The van der Waals surface area contributed by atoms with Crippen molar-refractivity contribution < 1.29 is 14.3 Å². The first-order valence-electron chi connectivity index (χ1n) is 14.1. The molecule has 0 heterocycles. The van der Waals surface area contributed by atoms with E-state index in [9.17, 15) is 14.9 Å². The number of fused-ring (bicyclic) bond motifs is 5. The number of nitriles is 1. The minimum absolute atomic E-state index is 0.114. The van der Waals surface area contributed by atoms with E-state index < -0.39 is 5.41 Å². The van der Waals surface area contributed by atoms with Crippen molar-refractivity contribution in [2.75, 3.05) is 0 Å². The van der Waals surface area contributed by atoms with Gasteiger partial charge < -0.3 is 4.74 Å². The van der Waals surface area contributed by atoms with E-state index in [0.29, 0.717) is 36.4 Å². The van der Waals surface area contributed by atoms with Crippen LogP contribution in [0.4, 0.5) is 0 Å². The van der Waals surface area contributed by atoms with Crippen LogP contribution < -0.4 is 0 Å². The first-order chi connectivity index (χ1) is 16.0. The van der Waals surface area contributed by atoms with Crippen molar-refractivity contribution in [3.8, 4) is 6.07 Å². The summed E-state index contributed by atoms with van der Waals surface area (Å²) in [6.45, 7) is 13.3. The summed E-state index contributed by atoms with van der Waals surface area (Å²) in [4.78, 5) is 25.5. The molecule has 0 spiro atoms. The molecule has 0 aliphatic heterocycles. The number of nitrogens with zero attached hydrogens (tertiary/aromatic N) is 1. The minimum atomic E-state index is -0.695. The van der Waals surface area contributed by atoms with Crippen LogP contribution in [-0.2, 0) is 14.3 Å². The van der Waals surface area contributed by atoms with Gasteiger partial charge in [-0.25, -0.2) is 0 Å². The average Bonchev–Trinajstić information content (AvgIpc) is 3.11. The van der Waals surface area contributed by atoms with E-state index in [4.69, 9.17) is 4.74 Å². The number of ether oxygens (including phenoxy) is 1. The normalized spacial score (nSPS) is 44.5. The monoisotopic (exact) mass is 469 g/mol. The lowest BCUT2D eigenvalue weighted by molar-refractivity contribution is -0.179. The molecule has 4 aliphatic rings. The lowest BCUT2D eigenvalue weighted by Gasteiger charge is -2.63. The standard InChI is InChI=1S/C30H47NO3/c1-19(2)8-7-9-20(3)23-10-11-24-27-25(13-14-28(23,24)5)29(6)15-12-22(34-21(4)32)16-30(29,18-31)17-26(27)33/h19-20,22-25,27H,7-17H2,1-6H3/t20-,22+,23-,24+,25+,27+,28-,29-,30-/m1/s1. The molecule has 0 saturated heterocycles. The maximum absolute atomic E-state index is 13.9. The molecular formula is C30H47NO3. The molecule has 0 N–H and O–H groups in total. The predicted molar refractivity (Wildman–Crippen MR) is 134 cm³/mol. The number of carbonyl (C=O) groups is 2. The van der Waals surface area contributed by atoms with Crippen LogP contribution in [0, 0.1) is 63.1 Å². The van der Waals surface area contributed by atoms with E-state index in [0.717, 1.165) is 31.1 Å². The van der Waals surface area contributed by atoms with Crippen molar-refractivity contribution in [3.05, 3.63) is 0 Å². The number of hydrogen-bond acceptors (Lipinski definition) is 4. The second-order valence-electron chi connectivity index (χ2n) is 13.5. The fourth-order valence-corrected chi connectivity index (χ4v) is 9.53. The Morgan fingerprint density at radius 1 is 1.09 bits per heavy atom. The topological polar surface area (TPSA) is 67.2 Å². The quantitative estimate of drug-likeness (QED) is 0.389. The summed E-state index contributed by atoms with van der Waals surface area (Å²) in [5.41, 5.74) is -0.606. The Morgan fingerprint density at radius 3 is 2.47 bits per heavy atom. The van der Waals surface area contributed by atoms with Gasteiger partial charge in [-0.1, -0.05) is 53.9 Å². The molecule has 0 bridgehead atoms. The maximum atomic E-state index is 13.9. The van der Waals surface area contributed by atoms with Gasteiger partial charge in [-0.15, -0.1) is 0 Å². The van der Waals surface area contributed by atoms with E-state index in [-0.39, 0.29) is 28.8 Å². The number of esters is 1. The molecule has 0 aromatic heterocycles. The van der Waals surface area contributed by atoms with Crippen LogP contribution in [0.1, 0.15) is 112 Å². The number of rotatable bonds is 6. The zero-order chi connectivity index (χ0) is 24.9. The summed E-state index contributed by atoms with van der Waals surface area (Å²) in [6.07, 6.45) is 10.9. The molecule has 4 nitrogen and oxygen atoms in total. The molecule has 4 fully saturated rings. The van der Waals surface area contributed by atoms with Gasteiger partial charge in [-0.2, -0.15) is 5.26 Å². The van der Waals surface area contributed by atoms with Gasteiger partial charge in [0, 0.05) is 25.7 Å². The molecule has 34 heavy (non-hydrogen) atoms. The maximum Gasteiger partial charge on any atom is 0.302 e. The first-order valence-corrected chi connectivity index (χ1v) is 14.1. The van der Waals surface area contributed by atoms with Crippen molar-refractivity contribution >= 4 is 11.8 Å². The summed E-state index contributed by atoms with van der Waals surface area (Å²) < 4.78 is 5.55. The highest BCUT2D eigenvalue weighted by atomic mass is 16.5. The number of Topliss-reactive ketones (excluding diaryl/α,β-unsaturated/α-hetero) is 1. The molecule has 9 atom stereocenters. The van der Waals surface area contributed by atoms with Gasteiger partial charge in [0.2, 0.25) is 0 Å². The lowest BCUT2D eigenvalue weighted by atomic mass is 9.39. The zero-order valence-corrected chi connectivity index (χ0v) is 22.5. The van der Waals surface area contributed by atoms with Gasteiger partial charge in [-0.05, 0) is 78.9 Å². The van der Waals surface area contributed by atoms with Gasteiger partial charge in [0.15, 0.2) is 0 Å². The summed E-state index contributed by atoms with van der Waals surface area (Å²) >= 11 is 0. The Kier molecular flexibility index (Phi) is 7.00. The third kappa shape index (κ3) is 4.04. The van der Waals surface area contributed by atoms with Gasteiger partial charge in [0.05, 0.1) is 11.5 Å². The van der Waals surface area contributed by atoms with E-state index in [1.165, 1.54) is 45.4 Å². The van der Waals surface area contributed by atoms with E-state index in [2.05, 4.69) is 40.7 Å². The molecule has 0 radical (unpaired) electrons. The molecule has 4 rings (SSSR count). The van der Waals surface area contributed by atoms with Gasteiger partial charge >= 0.3 is 5.97 Å². The van der Waals surface area contributed by atoms with Crippen molar-refractivity contribution in [2.45, 2.75) is 118 Å². The second-order valence-corrected chi connectivity index (χ2v) is 13.5. The van der Waals surface area contributed by atoms with E-state index in [1.807, 2.05) is 0 Å². The number of carbonyl (C=O) groups excluding carboxylic acids is 2. The summed E-state index contributed by atoms with van der Waals surface area (Å²) in [5.74, 6) is 3.13. The molecule has 0 amide bonds. The molecule has 0 aromatic rings. The van der Waals surface area contributed by atoms with Crippen molar-refractivity contribution in [2.24, 2.45) is 51.8 Å². The van der Waals surface area contributed by atoms with Crippen molar-refractivity contribution in [1.29, 1.82) is 5.26 Å². The molecule has 4 heteroatoms. The van der Waals surface area contributed by atoms with E-state index in [1.54, 1.807) is 0 Å². The fraction of sp³-hybridized carbons (Fsp3) is 0.900. The lowest BCUT2D eigenvalue weighted by Crippen LogP contribution is -2.62. The highest BCUT2D eigenvalue weighted by Crippen LogP contribution is 2.70. The Labute approximate surface area is 207 Å². The molecule has 190 valence electrons. The zero-order valence-electron chi connectivity index (χ0n) is 22.5. The minimum Gasteiger partial charge on any atom is -0.463 e. The Balaban J connectivity index is 1.56. The van der Waals surface area contributed by atoms with Crippen LogP contribution in [0.15, 0.2) is 0 Å².